The molecule has 2 nitrogen and oxygen atoms in total. The number of benzene rings is 1. The standard InChI is InChI=1S/C14H15ClFNO/c1-3-17-13(11-6-7-18-14(11)15)10-4-5-12(16)9(2)8-10/h4-8,13,17H,3H2,1-2H3. The van der Waals surface area contributed by atoms with Crippen molar-refractivity contribution in [3.63, 3.8) is 0 Å². The van der Waals surface area contributed by atoms with E-state index in [4.69, 9.17) is 16.0 Å². The van der Waals surface area contributed by atoms with Crippen LogP contribution in [-0.2, 0) is 0 Å². The average Bonchev–Trinajstić information content (AvgIpc) is 2.76. The molecular weight excluding hydrogens is 253 g/mol. The van der Waals surface area contributed by atoms with Crippen molar-refractivity contribution in [2.75, 3.05) is 6.54 Å². The van der Waals surface area contributed by atoms with Crippen molar-refractivity contribution in [3.05, 3.63) is 58.3 Å². The van der Waals surface area contributed by atoms with Crippen LogP contribution in [0.1, 0.15) is 29.7 Å². The molecule has 1 aromatic heterocycles. The number of nitrogens with one attached hydrogen (secondary N) is 1. The molecular formula is C14H15ClFNO. The largest absolute Gasteiger partial charge is 0.453 e. The van der Waals surface area contributed by atoms with Gasteiger partial charge in [-0.25, -0.2) is 4.39 Å². The van der Waals surface area contributed by atoms with Gasteiger partial charge in [0.15, 0.2) is 5.22 Å². The van der Waals surface area contributed by atoms with Crippen molar-refractivity contribution in [3.8, 4) is 0 Å². The number of hydrogen-bond donors (Lipinski definition) is 1. The zero-order valence-corrected chi connectivity index (χ0v) is 11.1. The molecule has 2 aromatic rings. The highest BCUT2D eigenvalue weighted by molar-refractivity contribution is 6.29. The molecule has 0 bridgehead atoms. The molecule has 0 radical (unpaired) electrons. The van der Waals surface area contributed by atoms with Crippen LogP contribution in [0.2, 0.25) is 5.22 Å². The van der Waals surface area contributed by atoms with Crippen molar-refractivity contribution < 1.29 is 8.81 Å². The Morgan fingerprint density at radius 2 is 2.17 bits per heavy atom. The minimum absolute atomic E-state index is 0.0828. The van der Waals surface area contributed by atoms with E-state index in [-0.39, 0.29) is 11.9 Å². The van der Waals surface area contributed by atoms with Gasteiger partial charge in [-0.2, -0.15) is 0 Å². The van der Waals surface area contributed by atoms with Gasteiger partial charge < -0.3 is 9.73 Å². The van der Waals surface area contributed by atoms with Gasteiger partial charge >= 0.3 is 0 Å². The van der Waals surface area contributed by atoms with E-state index in [1.165, 1.54) is 6.07 Å². The predicted molar refractivity (Wildman–Crippen MR) is 70.4 cm³/mol. The molecule has 2 rings (SSSR count). The molecule has 0 saturated carbocycles. The summed E-state index contributed by atoms with van der Waals surface area (Å²) in [7, 11) is 0. The van der Waals surface area contributed by atoms with Crippen molar-refractivity contribution in [2.45, 2.75) is 19.9 Å². The maximum absolute atomic E-state index is 13.3. The molecule has 0 saturated heterocycles. The lowest BCUT2D eigenvalue weighted by atomic mass is 9.99. The van der Waals surface area contributed by atoms with Crippen molar-refractivity contribution in [1.29, 1.82) is 0 Å². The van der Waals surface area contributed by atoms with Crippen LogP contribution in [0.15, 0.2) is 34.9 Å². The SMILES string of the molecule is CCNC(c1ccc(F)c(C)c1)c1ccoc1Cl. The second-order valence-electron chi connectivity index (χ2n) is 4.15. The van der Waals surface area contributed by atoms with Gasteiger partial charge in [-0.3, -0.25) is 0 Å². The van der Waals surface area contributed by atoms with Gasteiger partial charge in [0.05, 0.1) is 12.3 Å². The molecule has 96 valence electrons. The third-order valence-electron chi connectivity index (χ3n) is 2.88. The van der Waals surface area contributed by atoms with Crippen LogP contribution in [0, 0.1) is 12.7 Å². The Labute approximate surface area is 111 Å². The monoisotopic (exact) mass is 267 g/mol. The van der Waals surface area contributed by atoms with Gasteiger partial charge in [-0.1, -0.05) is 19.1 Å². The minimum Gasteiger partial charge on any atom is -0.453 e. The molecule has 1 atom stereocenters. The molecule has 18 heavy (non-hydrogen) atoms. The van der Waals surface area contributed by atoms with Crippen molar-refractivity contribution >= 4 is 11.6 Å². The van der Waals surface area contributed by atoms with E-state index < -0.39 is 0 Å². The molecule has 4 heteroatoms. The zero-order valence-electron chi connectivity index (χ0n) is 10.3. The summed E-state index contributed by atoms with van der Waals surface area (Å²) in [5.41, 5.74) is 2.46. The van der Waals surface area contributed by atoms with Crippen LogP contribution >= 0.6 is 11.6 Å². The lowest BCUT2D eigenvalue weighted by Crippen LogP contribution is -2.22. The first-order valence-corrected chi connectivity index (χ1v) is 6.23. The third kappa shape index (κ3) is 2.57. The predicted octanol–water partition coefficient (Wildman–Crippen LogP) is 4.08. The van der Waals surface area contributed by atoms with Crippen molar-refractivity contribution in [1.82, 2.24) is 5.32 Å². The maximum Gasteiger partial charge on any atom is 0.198 e. The normalized spacial score (nSPS) is 12.7. The van der Waals surface area contributed by atoms with Crippen LogP contribution in [0.4, 0.5) is 4.39 Å². The van der Waals surface area contributed by atoms with Gasteiger partial charge in [0.1, 0.15) is 5.82 Å². The van der Waals surface area contributed by atoms with Gasteiger partial charge in [0.2, 0.25) is 0 Å². The Morgan fingerprint density at radius 3 is 2.72 bits per heavy atom. The van der Waals surface area contributed by atoms with E-state index in [2.05, 4.69) is 5.32 Å². The van der Waals surface area contributed by atoms with E-state index in [0.29, 0.717) is 10.8 Å². The molecule has 1 N–H and O–H groups in total. The molecule has 0 spiro atoms. The third-order valence-corrected chi connectivity index (χ3v) is 3.19. The summed E-state index contributed by atoms with van der Waals surface area (Å²) in [5, 5.41) is 3.69. The molecule has 0 aliphatic heterocycles. The van der Waals surface area contributed by atoms with Crippen LogP contribution in [0.5, 0.6) is 0 Å². The fraction of sp³-hybridized carbons (Fsp3) is 0.286. The topological polar surface area (TPSA) is 25.2 Å². The highest BCUT2D eigenvalue weighted by Gasteiger charge is 2.18. The first kappa shape index (κ1) is 13.1. The number of furan rings is 1. The molecule has 0 aliphatic rings. The van der Waals surface area contributed by atoms with E-state index in [9.17, 15) is 4.39 Å². The van der Waals surface area contributed by atoms with Crippen LogP contribution in [-0.4, -0.2) is 6.54 Å². The fourth-order valence-electron chi connectivity index (χ4n) is 1.97. The van der Waals surface area contributed by atoms with Crippen LogP contribution in [0.25, 0.3) is 0 Å². The summed E-state index contributed by atoms with van der Waals surface area (Å²) in [6.45, 7) is 4.54. The lowest BCUT2D eigenvalue weighted by molar-refractivity contribution is 0.554. The molecule has 1 unspecified atom stereocenters. The number of aryl methyl sites for hydroxylation is 1. The van der Waals surface area contributed by atoms with Crippen molar-refractivity contribution in [2.24, 2.45) is 0 Å². The number of halogens is 2. The summed E-state index contributed by atoms with van der Waals surface area (Å²) in [5.74, 6) is -0.202. The number of rotatable bonds is 4. The van der Waals surface area contributed by atoms with E-state index in [0.717, 1.165) is 17.7 Å². The Kier molecular flexibility index (Phi) is 4.04. The van der Waals surface area contributed by atoms with E-state index in [1.54, 1.807) is 19.3 Å². The molecule has 0 aliphatic carbocycles. The summed E-state index contributed by atoms with van der Waals surface area (Å²) >= 11 is 6.01. The van der Waals surface area contributed by atoms with Crippen LogP contribution < -0.4 is 5.32 Å². The minimum atomic E-state index is -0.202. The van der Waals surface area contributed by atoms with Gasteiger partial charge in [0, 0.05) is 5.56 Å². The van der Waals surface area contributed by atoms with E-state index >= 15 is 0 Å². The first-order valence-electron chi connectivity index (χ1n) is 5.85. The fourth-order valence-corrected chi connectivity index (χ4v) is 2.19. The Hall–Kier alpha value is -1.32. The Bertz CT molecular complexity index is 538. The summed E-state index contributed by atoms with van der Waals surface area (Å²) in [4.78, 5) is 0. The highest BCUT2D eigenvalue weighted by atomic mass is 35.5. The first-order chi connectivity index (χ1) is 8.63. The number of hydrogen-bond acceptors (Lipinski definition) is 2. The van der Waals surface area contributed by atoms with Gasteiger partial charge in [-0.15, -0.1) is 0 Å². The summed E-state index contributed by atoms with van der Waals surface area (Å²) < 4.78 is 18.4. The smallest absolute Gasteiger partial charge is 0.198 e. The maximum atomic E-state index is 13.3. The molecule has 1 aromatic carbocycles. The van der Waals surface area contributed by atoms with Gasteiger partial charge in [-0.05, 0) is 48.3 Å². The quantitative estimate of drug-likeness (QED) is 0.903. The molecule has 0 amide bonds. The lowest BCUT2D eigenvalue weighted by Gasteiger charge is -2.18. The zero-order chi connectivity index (χ0) is 13.1. The average molecular weight is 268 g/mol. The molecule has 0 fully saturated rings. The Balaban J connectivity index is 2.41. The van der Waals surface area contributed by atoms with E-state index in [1.807, 2.05) is 19.1 Å². The Morgan fingerprint density at radius 1 is 1.39 bits per heavy atom. The van der Waals surface area contributed by atoms with Gasteiger partial charge in [0.25, 0.3) is 0 Å². The summed E-state index contributed by atoms with van der Waals surface area (Å²) in [6.07, 6.45) is 1.55. The highest BCUT2D eigenvalue weighted by Crippen LogP contribution is 2.29. The second kappa shape index (κ2) is 5.55. The van der Waals surface area contributed by atoms with Crippen LogP contribution in [0.3, 0.4) is 0 Å². The summed E-state index contributed by atoms with van der Waals surface area (Å²) in [6, 6.07) is 6.81. The molecule has 1 heterocycles. The second-order valence-corrected chi connectivity index (χ2v) is 4.49.